The number of nitrogens with one attached hydrogen (secondary N) is 1. The van der Waals surface area contributed by atoms with E-state index in [4.69, 9.17) is 0 Å². The zero-order valence-electron chi connectivity index (χ0n) is 7.95. The van der Waals surface area contributed by atoms with Crippen LogP contribution in [0.15, 0.2) is 0 Å². The van der Waals surface area contributed by atoms with Crippen LogP contribution in [0.5, 0.6) is 0 Å². The van der Waals surface area contributed by atoms with Gasteiger partial charge in [-0.3, -0.25) is 0 Å². The third kappa shape index (κ3) is 1.96. The highest BCUT2D eigenvalue weighted by Gasteiger charge is 2.36. The van der Waals surface area contributed by atoms with Gasteiger partial charge in [0.05, 0.1) is 0 Å². The van der Waals surface area contributed by atoms with Gasteiger partial charge in [0, 0.05) is 5.54 Å². The van der Waals surface area contributed by atoms with Gasteiger partial charge in [-0.1, -0.05) is 33.1 Å². The summed E-state index contributed by atoms with van der Waals surface area (Å²) in [6.45, 7) is 5.28. The van der Waals surface area contributed by atoms with Crippen molar-refractivity contribution < 1.29 is 0 Å². The van der Waals surface area contributed by atoms with Gasteiger partial charge >= 0.3 is 0 Å². The van der Waals surface area contributed by atoms with E-state index in [1.807, 2.05) is 13.8 Å². The molecule has 1 heteroatoms. The standard InChI is InChI=1S/C8H15N.C2H6/c1-2-4-8(5-3-1)6-7-9-8;1-2/h9H,1-7H2;1-2H3. The Labute approximate surface area is 70.6 Å². The van der Waals surface area contributed by atoms with E-state index in [2.05, 4.69) is 5.32 Å². The zero-order valence-corrected chi connectivity index (χ0v) is 7.95. The van der Waals surface area contributed by atoms with Crippen molar-refractivity contribution in [3.63, 3.8) is 0 Å². The lowest BCUT2D eigenvalue weighted by molar-refractivity contribution is 0.144. The first-order valence-corrected chi connectivity index (χ1v) is 5.16. The molecule has 1 saturated carbocycles. The van der Waals surface area contributed by atoms with E-state index in [0.29, 0.717) is 5.54 Å². The lowest BCUT2D eigenvalue weighted by Crippen LogP contribution is -2.57. The normalized spacial score (nSPS) is 26.7. The minimum atomic E-state index is 0.651. The monoisotopic (exact) mass is 155 g/mol. The molecule has 0 bridgehead atoms. The molecule has 1 heterocycles. The van der Waals surface area contributed by atoms with E-state index >= 15 is 0 Å². The summed E-state index contributed by atoms with van der Waals surface area (Å²) in [5.74, 6) is 0. The molecule has 1 nitrogen and oxygen atoms in total. The van der Waals surface area contributed by atoms with Gasteiger partial charge in [0.25, 0.3) is 0 Å². The van der Waals surface area contributed by atoms with Crippen LogP contribution >= 0.6 is 0 Å². The number of hydrogen-bond acceptors (Lipinski definition) is 1. The molecule has 0 atom stereocenters. The van der Waals surface area contributed by atoms with Gasteiger partial charge in [0.1, 0.15) is 0 Å². The van der Waals surface area contributed by atoms with Gasteiger partial charge in [0.2, 0.25) is 0 Å². The number of rotatable bonds is 0. The maximum atomic E-state index is 3.56. The highest BCUT2D eigenvalue weighted by Crippen LogP contribution is 2.34. The minimum absolute atomic E-state index is 0.651. The van der Waals surface area contributed by atoms with Crippen molar-refractivity contribution in [3.8, 4) is 0 Å². The van der Waals surface area contributed by atoms with Gasteiger partial charge in [-0.25, -0.2) is 0 Å². The maximum absolute atomic E-state index is 3.56. The smallest absolute Gasteiger partial charge is 0.0193 e. The Bertz CT molecular complexity index is 97.4. The summed E-state index contributed by atoms with van der Waals surface area (Å²) in [7, 11) is 0. The van der Waals surface area contributed by atoms with Gasteiger partial charge < -0.3 is 5.32 Å². The quantitative estimate of drug-likeness (QED) is 0.567. The molecule has 1 aliphatic heterocycles. The van der Waals surface area contributed by atoms with Crippen molar-refractivity contribution in [2.75, 3.05) is 6.54 Å². The first kappa shape index (κ1) is 9.05. The fourth-order valence-corrected chi connectivity index (χ4v) is 2.13. The molecule has 2 rings (SSSR count). The van der Waals surface area contributed by atoms with Gasteiger partial charge in [-0.2, -0.15) is 0 Å². The second kappa shape index (κ2) is 4.10. The molecular formula is C10H21N. The zero-order chi connectivity index (χ0) is 8.16. The van der Waals surface area contributed by atoms with Crippen molar-refractivity contribution in [2.45, 2.75) is 57.9 Å². The van der Waals surface area contributed by atoms with Crippen LogP contribution in [-0.4, -0.2) is 12.1 Å². The average Bonchev–Trinajstić information content (AvgIpc) is 2.07. The van der Waals surface area contributed by atoms with Crippen molar-refractivity contribution in [2.24, 2.45) is 0 Å². The Morgan fingerprint density at radius 2 is 1.45 bits per heavy atom. The summed E-state index contributed by atoms with van der Waals surface area (Å²) >= 11 is 0. The molecule has 2 aliphatic rings. The lowest BCUT2D eigenvalue weighted by atomic mass is 9.75. The first-order valence-electron chi connectivity index (χ1n) is 5.16. The Kier molecular flexibility index (Phi) is 3.38. The average molecular weight is 155 g/mol. The van der Waals surface area contributed by atoms with Crippen LogP contribution in [0.25, 0.3) is 0 Å². The summed E-state index contributed by atoms with van der Waals surface area (Å²) in [5, 5.41) is 3.56. The summed E-state index contributed by atoms with van der Waals surface area (Å²) in [6.07, 6.45) is 8.76. The predicted octanol–water partition coefficient (Wildman–Crippen LogP) is 2.71. The lowest BCUT2D eigenvalue weighted by Gasteiger charge is -2.46. The fourth-order valence-electron chi connectivity index (χ4n) is 2.13. The van der Waals surface area contributed by atoms with E-state index < -0.39 is 0 Å². The second-order valence-corrected chi connectivity index (χ2v) is 3.52. The predicted molar refractivity (Wildman–Crippen MR) is 49.8 cm³/mol. The van der Waals surface area contributed by atoms with E-state index in [-0.39, 0.29) is 0 Å². The fraction of sp³-hybridized carbons (Fsp3) is 1.00. The highest BCUT2D eigenvalue weighted by molar-refractivity contribution is 4.97. The van der Waals surface area contributed by atoms with Crippen LogP contribution < -0.4 is 5.32 Å². The topological polar surface area (TPSA) is 12.0 Å². The summed E-state index contributed by atoms with van der Waals surface area (Å²) < 4.78 is 0. The SMILES string of the molecule is C1CCC2(CC1)CCN2.CC. The highest BCUT2D eigenvalue weighted by atomic mass is 15.0. The number of hydrogen-bond donors (Lipinski definition) is 1. The Morgan fingerprint density at radius 1 is 0.909 bits per heavy atom. The molecular weight excluding hydrogens is 134 g/mol. The molecule has 66 valence electrons. The van der Waals surface area contributed by atoms with Crippen molar-refractivity contribution in [1.82, 2.24) is 5.32 Å². The van der Waals surface area contributed by atoms with E-state index in [0.717, 1.165) is 0 Å². The molecule has 0 aromatic rings. The molecule has 2 fully saturated rings. The molecule has 1 saturated heterocycles. The largest absolute Gasteiger partial charge is 0.311 e. The minimum Gasteiger partial charge on any atom is -0.311 e. The summed E-state index contributed by atoms with van der Waals surface area (Å²) in [5.41, 5.74) is 0.651. The van der Waals surface area contributed by atoms with Crippen LogP contribution in [-0.2, 0) is 0 Å². The molecule has 1 N–H and O–H groups in total. The third-order valence-electron chi connectivity index (χ3n) is 2.91. The Hall–Kier alpha value is -0.0400. The Balaban J connectivity index is 0.000000281. The van der Waals surface area contributed by atoms with Crippen LogP contribution in [0.3, 0.4) is 0 Å². The maximum Gasteiger partial charge on any atom is 0.0193 e. The molecule has 1 aliphatic carbocycles. The first-order chi connectivity index (χ1) is 5.41. The van der Waals surface area contributed by atoms with E-state index in [1.54, 1.807) is 0 Å². The molecule has 0 radical (unpaired) electrons. The summed E-state index contributed by atoms with van der Waals surface area (Å²) in [4.78, 5) is 0. The van der Waals surface area contributed by atoms with Gasteiger partial charge in [-0.05, 0) is 25.8 Å². The van der Waals surface area contributed by atoms with Gasteiger partial charge in [-0.15, -0.1) is 0 Å². The molecule has 1 spiro atoms. The molecule has 0 aromatic heterocycles. The van der Waals surface area contributed by atoms with E-state index in [9.17, 15) is 0 Å². The third-order valence-corrected chi connectivity index (χ3v) is 2.91. The molecule has 0 unspecified atom stereocenters. The second-order valence-electron chi connectivity index (χ2n) is 3.52. The van der Waals surface area contributed by atoms with Crippen LogP contribution in [0, 0.1) is 0 Å². The molecule has 0 amide bonds. The van der Waals surface area contributed by atoms with Crippen LogP contribution in [0.4, 0.5) is 0 Å². The molecule has 11 heavy (non-hydrogen) atoms. The summed E-state index contributed by atoms with van der Waals surface area (Å²) in [6, 6.07) is 0. The van der Waals surface area contributed by atoms with Crippen LogP contribution in [0.2, 0.25) is 0 Å². The molecule has 0 aromatic carbocycles. The van der Waals surface area contributed by atoms with E-state index in [1.165, 1.54) is 45.1 Å². The Morgan fingerprint density at radius 3 is 1.73 bits per heavy atom. The van der Waals surface area contributed by atoms with Crippen molar-refractivity contribution in [1.29, 1.82) is 0 Å². The van der Waals surface area contributed by atoms with Crippen LogP contribution in [0.1, 0.15) is 52.4 Å². The van der Waals surface area contributed by atoms with Gasteiger partial charge in [0.15, 0.2) is 0 Å². The van der Waals surface area contributed by atoms with Crippen molar-refractivity contribution in [3.05, 3.63) is 0 Å². The van der Waals surface area contributed by atoms with Crippen molar-refractivity contribution >= 4 is 0 Å².